The van der Waals surface area contributed by atoms with Gasteiger partial charge in [0.2, 0.25) is 0 Å². The van der Waals surface area contributed by atoms with Gasteiger partial charge in [-0.1, -0.05) is 42.5 Å². The van der Waals surface area contributed by atoms with E-state index >= 15 is 0 Å². The van der Waals surface area contributed by atoms with E-state index in [1.165, 1.54) is 5.56 Å². The molecule has 138 valence electrons. The number of fused-ring (bicyclic) bond motifs is 1. The molecule has 2 heterocycles. The highest BCUT2D eigenvalue weighted by Crippen LogP contribution is 2.26. The maximum atomic E-state index is 5.99. The van der Waals surface area contributed by atoms with Gasteiger partial charge in [-0.3, -0.25) is 4.98 Å². The van der Waals surface area contributed by atoms with E-state index in [1.807, 2.05) is 48.5 Å². The average molecular weight is 360 g/mol. The Morgan fingerprint density at radius 3 is 2.78 bits per heavy atom. The Hall–Kier alpha value is -2.85. The number of nitrogens with zero attached hydrogens (tertiary/aromatic N) is 1. The lowest BCUT2D eigenvalue weighted by Crippen LogP contribution is -2.31. The van der Waals surface area contributed by atoms with Crippen molar-refractivity contribution in [2.75, 3.05) is 13.2 Å². The lowest BCUT2D eigenvalue weighted by molar-refractivity contribution is 0.217. The van der Waals surface area contributed by atoms with Crippen LogP contribution in [0, 0.1) is 5.92 Å². The molecule has 1 N–H and O–H groups in total. The molecule has 0 saturated carbocycles. The summed E-state index contributed by atoms with van der Waals surface area (Å²) in [6.45, 7) is 2.94. The fourth-order valence-corrected chi connectivity index (χ4v) is 3.36. The van der Waals surface area contributed by atoms with E-state index in [-0.39, 0.29) is 0 Å². The summed E-state index contributed by atoms with van der Waals surface area (Å²) in [5.74, 6) is 2.42. The summed E-state index contributed by atoms with van der Waals surface area (Å²) in [7, 11) is 0. The van der Waals surface area contributed by atoms with E-state index in [2.05, 4.69) is 28.5 Å². The van der Waals surface area contributed by atoms with E-state index < -0.39 is 0 Å². The maximum absolute atomic E-state index is 5.99. The first-order valence-corrected chi connectivity index (χ1v) is 9.40. The fourth-order valence-electron chi connectivity index (χ4n) is 3.36. The summed E-state index contributed by atoms with van der Waals surface area (Å²) >= 11 is 0. The fraction of sp³-hybridized carbons (Fsp3) is 0.261. The Balaban J connectivity index is 1.30. The molecule has 4 nitrogen and oxygen atoms in total. The molecule has 4 rings (SSSR count). The van der Waals surface area contributed by atoms with Crippen LogP contribution in [0.4, 0.5) is 0 Å². The molecule has 27 heavy (non-hydrogen) atoms. The van der Waals surface area contributed by atoms with Crippen LogP contribution in [0.5, 0.6) is 11.5 Å². The second kappa shape index (κ2) is 8.69. The predicted molar refractivity (Wildman–Crippen MR) is 106 cm³/mol. The van der Waals surface area contributed by atoms with Crippen molar-refractivity contribution in [2.45, 2.75) is 19.6 Å². The number of hydrogen-bond donors (Lipinski definition) is 1. The van der Waals surface area contributed by atoms with Crippen LogP contribution in [0.3, 0.4) is 0 Å². The highest BCUT2D eigenvalue weighted by Gasteiger charge is 2.19. The molecular weight excluding hydrogens is 336 g/mol. The number of benzene rings is 2. The second-order valence-corrected chi connectivity index (χ2v) is 6.84. The molecule has 0 radical (unpaired) electrons. The monoisotopic (exact) mass is 360 g/mol. The van der Waals surface area contributed by atoms with Gasteiger partial charge in [0.1, 0.15) is 18.1 Å². The molecule has 0 amide bonds. The van der Waals surface area contributed by atoms with Crippen molar-refractivity contribution in [3.63, 3.8) is 0 Å². The van der Waals surface area contributed by atoms with Crippen molar-refractivity contribution in [3.8, 4) is 11.5 Å². The normalized spacial score (nSPS) is 15.6. The van der Waals surface area contributed by atoms with E-state index in [0.717, 1.165) is 48.9 Å². The third kappa shape index (κ3) is 4.66. The molecule has 1 atom stereocenters. The predicted octanol–water partition coefficient (Wildman–Crippen LogP) is 4.00. The van der Waals surface area contributed by atoms with Crippen LogP contribution in [-0.2, 0) is 19.6 Å². The van der Waals surface area contributed by atoms with E-state index in [9.17, 15) is 0 Å². The molecule has 0 aliphatic carbocycles. The Morgan fingerprint density at radius 2 is 1.85 bits per heavy atom. The second-order valence-electron chi connectivity index (χ2n) is 6.84. The van der Waals surface area contributed by atoms with Crippen LogP contribution in [0.25, 0.3) is 0 Å². The maximum Gasteiger partial charge on any atom is 0.130 e. The molecule has 1 aliphatic heterocycles. The van der Waals surface area contributed by atoms with Gasteiger partial charge < -0.3 is 14.8 Å². The molecule has 0 fully saturated rings. The standard InChI is InChI=1S/C23H24N2O2/c1-3-10-22-19(7-1)13-18(16-26-22)14-24-15-20-8-2-4-11-23(20)27-17-21-9-5-6-12-25-21/h1-12,18,24H,13-17H2. The number of nitrogens with one attached hydrogen (secondary N) is 1. The van der Waals surface area contributed by atoms with Crippen molar-refractivity contribution in [1.82, 2.24) is 10.3 Å². The third-order valence-electron chi connectivity index (χ3n) is 4.78. The van der Waals surface area contributed by atoms with Crippen molar-refractivity contribution in [1.29, 1.82) is 0 Å². The molecule has 0 bridgehead atoms. The number of rotatable bonds is 7. The topological polar surface area (TPSA) is 43.4 Å². The van der Waals surface area contributed by atoms with Gasteiger partial charge in [-0.05, 0) is 36.2 Å². The quantitative estimate of drug-likeness (QED) is 0.692. The molecule has 1 unspecified atom stereocenters. The molecule has 1 aromatic heterocycles. The Morgan fingerprint density at radius 1 is 1.00 bits per heavy atom. The van der Waals surface area contributed by atoms with Gasteiger partial charge >= 0.3 is 0 Å². The summed E-state index contributed by atoms with van der Waals surface area (Å²) in [5.41, 5.74) is 3.39. The minimum absolute atomic E-state index is 0.477. The lowest BCUT2D eigenvalue weighted by Gasteiger charge is -2.25. The van der Waals surface area contributed by atoms with Crippen LogP contribution in [0.1, 0.15) is 16.8 Å². The van der Waals surface area contributed by atoms with Crippen molar-refractivity contribution in [3.05, 3.63) is 89.7 Å². The van der Waals surface area contributed by atoms with Crippen LogP contribution < -0.4 is 14.8 Å². The summed E-state index contributed by atoms with van der Waals surface area (Å²) < 4.78 is 11.9. The lowest BCUT2D eigenvalue weighted by atomic mass is 9.97. The van der Waals surface area contributed by atoms with Crippen LogP contribution >= 0.6 is 0 Å². The van der Waals surface area contributed by atoms with Crippen LogP contribution in [-0.4, -0.2) is 18.1 Å². The average Bonchev–Trinajstić information content (AvgIpc) is 2.74. The number of aromatic nitrogens is 1. The van der Waals surface area contributed by atoms with Crippen molar-refractivity contribution >= 4 is 0 Å². The Bertz CT molecular complexity index is 867. The van der Waals surface area contributed by atoms with Gasteiger partial charge in [0.25, 0.3) is 0 Å². The highest BCUT2D eigenvalue weighted by atomic mass is 16.5. The summed E-state index contributed by atoms with van der Waals surface area (Å²) in [6, 6.07) is 22.3. The van der Waals surface area contributed by atoms with Gasteiger partial charge in [-0.15, -0.1) is 0 Å². The summed E-state index contributed by atoms with van der Waals surface area (Å²) in [4.78, 5) is 4.31. The SMILES string of the molecule is c1ccc(COc2ccccc2CNCC2COc3ccccc3C2)nc1. The van der Waals surface area contributed by atoms with Crippen molar-refractivity contribution in [2.24, 2.45) is 5.92 Å². The molecule has 1 aliphatic rings. The first kappa shape index (κ1) is 17.6. The van der Waals surface area contributed by atoms with E-state index in [4.69, 9.17) is 9.47 Å². The first-order valence-electron chi connectivity index (χ1n) is 9.40. The van der Waals surface area contributed by atoms with Gasteiger partial charge in [0.15, 0.2) is 0 Å². The number of pyridine rings is 1. The Kier molecular flexibility index (Phi) is 5.65. The minimum Gasteiger partial charge on any atom is -0.493 e. The molecule has 0 spiro atoms. The summed E-state index contributed by atoms with van der Waals surface area (Å²) in [6.07, 6.45) is 2.84. The number of ether oxygens (including phenoxy) is 2. The van der Waals surface area contributed by atoms with Gasteiger partial charge in [-0.2, -0.15) is 0 Å². The van der Waals surface area contributed by atoms with Gasteiger partial charge in [0.05, 0.1) is 12.3 Å². The Labute approximate surface area is 160 Å². The molecular formula is C23H24N2O2. The largest absolute Gasteiger partial charge is 0.493 e. The number of hydrogen-bond acceptors (Lipinski definition) is 4. The number of para-hydroxylation sites is 2. The highest BCUT2D eigenvalue weighted by molar-refractivity contribution is 5.35. The van der Waals surface area contributed by atoms with E-state index in [0.29, 0.717) is 12.5 Å². The zero-order valence-electron chi connectivity index (χ0n) is 15.3. The van der Waals surface area contributed by atoms with Crippen LogP contribution in [0.2, 0.25) is 0 Å². The summed E-state index contributed by atoms with van der Waals surface area (Å²) in [5, 5.41) is 3.57. The van der Waals surface area contributed by atoms with Gasteiger partial charge in [-0.25, -0.2) is 0 Å². The molecule has 0 saturated heterocycles. The zero-order chi connectivity index (χ0) is 18.3. The zero-order valence-corrected chi connectivity index (χ0v) is 15.3. The minimum atomic E-state index is 0.477. The van der Waals surface area contributed by atoms with E-state index in [1.54, 1.807) is 6.20 Å². The smallest absolute Gasteiger partial charge is 0.130 e. The molecule has 2 aromatic carbocycles. The van der Waals surface area contributed by atoms with Crippen LogP contribution in [0.15, 0.2) is 72.9 Å². The van der Waals surface area contributed by atoms with Gasteiger partial charge in [0, 0.05) is 30.8 Å². The van der Waals surface area contributed by atoms with Crippen molar-refractivity contribution < 1.29 is 9.47 Å². The third-order valence-corrected chi connectivity index (χ3v) is 4.78. The molecule has 4 heteroatoms. The first-order chi connectivity index (χ1) is 13.4. The molecule has 3 aromatic rings.